The molecule has 2 aromatic carbocycles. The van der Waals surface area contributed by atoms with Gasteiger partial charge >= 0.3 is 0 Å². The number of fused-ring (bicyclic) bond motifs is 1. The van der Waals surface area contributed by atoms with Crippen LogP contribution in [0.5, 0.6) is 0 Å². The zero-order valence-corrected chi connectivity index (χ0v) is 14.6. The van der Waals surface area contributed by atoms with Crippen LogP contribution in [0.1, 0.15) is 30.2 Å². The monoisotopic (exact) mass is 339 g/mol. The van der Waals surface area contributed by atoms with Gasteiger partial charge in [-0.25, -0.2) is 4.39 Å². The lowest BCUT2D eigenvalue weighted by molar-refractivity contribution is -0.130. The second-order valence-corrected chi connectivity index (χ2v) is 6.19. The van der Waals surface area contributed by atoms with Crippen LogP contribution in [0.4, 0.5) is 4.39 Å². The highest BCUT2D eigenvalue weighted by Crippen LogP contribution is 2.27. The van der Waals surface area contributed by atoms with E-state index in [4.69, 9.17) is 4.42 Å². The van der Waals surface area contributed by atoms with Crippen molar-refractivity contribution in [3.05, 3.63) is 71.2 Å². The summed E-state index contributed by atoms with van der Waals surface area (Å²) in [5.74, 6) is 0.651. The Hall–Kier alpha value is -2.62. The smallest absolute Gasteiger partial charge is 0.222 e. The van der Waals surface area contributed by atoms with Gasteiger partial charge in [-0.2, -0.15) is 0 Å². The van der Waals surface area contributed by atoms with Crippen LogP contribution in [0.3, 0.4) is 0 Å². The minimum absolute atomic E-state index is 0.00409. The minimum atomic E-state index is -0.257. The number of hydrogen-bond acceptors (Lipinski definition) is 2. The first-order valence-electron chi connectivity index (χ1n) is 8.56. The molecule has 1 aromatic heterocycles. The van der Waals surface area contributed by atoms with E-state index in [2.05, 4.69) is 0 Å². The van der Waals surface area contributed by atoms with Crippen molar-refractivity contribution in [1.82, 2.24) is 4.90 Å². The molecule has 1 heterocycles. The Morgan fingerprint density at radius 3 is 2.60 bits per heavy atom. The highest BCUT2D eigenvalue weighted by Gasteiger charge is 2.17. The quantitative estimate of drug-likeness (QED) is 0.651. The fraction of sp³-hybridized carbons (Fsp3) is 0.286. The molecule has 0 spiro atoms. The molecule has 0 atom stereocenters. The highest BCUT2D eigenvalue weighted by molar-refractivity contribution is 5.83. The van der Waals surface area contributed by atoms with Crippen molar-refractivity contribution in [1.29, 1.82) is 0 Å². The van der Waals surface area contributed by atoms with Crippen LogP contribution < -0.4 is 0 Å². The summed E-state index contributed by atoms with van der Waals surface area (Å²) in [6.07, 6.45) is 1.47. The van der Waals surface area contributed by atoms with E-state index in [-0.39, 0.29) is 18.1 Å². The number of aryl methyl sites for hydroxylation is 2. The van der Waals surface area contributed by atoms with Gasteiger partial charge in [0.15, 0.2) is 0 Å². The maximum absolute atomic E-state index is 13.7. The summed E-state index contributed by atoms with van der Waals surface area (Å²) >= 11 is 0. The lowest BCUT2D eigenvalue weighted by Gasteiger charge is -2.17. The summed E-state index contributed by atoms with van der Waals surface area (Å²) in [7, 11) is 1.78. The normalized spacial score (nSPS) is 11.0. The van der Waals surface area contributed by atoms with Crippen LogP contribution >= 0.6 is 0 Å². The number of hydrogen-bond donors (Lipinski definition) is 0. The van der Waals surface area contributed by atoms with Crippen LogP contribution in [0.25, 0.3) is 11.0 Å². The molecule has 25 heavy (non-hydrogen) atoms. The molecule has 0 N–H and O–H groups in total. The molecule has 130 valence electrons. The number of rotatable bonds is 6. The Morgan fingerprint density at radius 2 is 1.84 bits per heavy atom. The molecular weight excluding hydrogens is 317 g/mol. The van der Waals surface area contributed by atoms with Gasteiger partial charge in [0.25, 0.3) is 0 Å². The second-order valence-electron chi connectivity index (χ2n) is 6.19. The molecular formula is C21H22FNO2. The lowest BCUT2D eigenvalue weighted by atomic mass is 10.1. The highest BCUT2D eigenvalue weighted by atomic mass is 19.1. The topological polar surface area (TPSA) is 33.5 Å². The first kappa shape index (κ1) is 17.2. The van der Waals surface area contributed by atoms with Gasteiger partial charge in [-0.1, -0.05) is 43.3 Å². The molecule has 0 aliphatic heterocycles. The van der Waals surface area contributed by atoms with Gasteiger partial charge in [-0.05, 0) is 24.1 Å². The van der Waals surface area contributed by atoms with Crippen LogP contribution in [0.2, 0.25) is 0 Å². The largest absolute Gasteiger partial charge is 0.461 e. The molecule has 0 aliphatic carbocycles. The number of furan rings is 1. The average Bonchev–Trinajstić information content (AvgIpc) is 2.98. The number of carbonyl (C=O) groups excluding carboxylic acids is 1. The van der Waals surface area contributed by atoms with Gasteiger partial charge in [-0.15, -0.1) is 0 Å². The number of carbonyl (C=O) groups is 1. The maximum Gasteiger partial charge on any atom is 0.222 e. The van der Waals surface area contributed by atoms with E-state index in [9.17, 15) is 9.18 Å². The number of halogens is 1. The maximum atomic E-state index is 13.7. The van der Waals surface area contributed by atoms with Crippen molar-refractivity contribution >= 4 is 16.9 Å². The number of nitrogens with zero attached hydrogens (tertiary/aromatic N) is 1. The fourth-order valence-electron chi connectivity index (χ4n) is 3.07. The molecule has 0 fully saturated rings. The number of amides is 1. The van der Waals surface area contributed by atoms with Crippen molar-refractivity contribution < 1.29 is 13.6 Å². The summed E-state index contributed by atoms with van der Waals surface area (Å²) in [4.78, 5) is 14.2. The molecule has 0 saturated heterocycles. The summed E-state index contributed by atoms with van der Waals surface area (Å²) in [6.45, 7) is 2.54. The van der Waals surface area contributed by atoms with E-state index in [0.29, 0.717) is 18.5 Å². The van der Waals surface area contributed by atoms with Crippen molar-refractivity contribution in [3.8, 4) is 0 Å². The Morgan fingerprint density at radius 1 is 1.12 bits per heavy atom. The third-order valence-corrected chi connectivity index (χ3v) is 4.49. The Kier molecular flexibility index (Phi) is 5.17. The molecule has 3 aromatic rings. The first-order chi connectivity index (χ1) is 12.1. The molecule has 4 heteroatoms. The summed E-state index contributed by atoms with van der Waals surface area (Å²) in [6, 6.07) is 14.5. The van der Waals surface area contributed by atoms with Crippen molar-refractivity contribution in [3.63, 3.8) is 0 Å². The molecule has 0 saturated carbocycles. The van der Waals surface area contributed by atoms with Gasteiger partial charge in [0.2, 0.25) is 5.91 Å². The van der Waals surface area contributed by atoms with Gasteiger partial charge in [0, 0.05) is 37.4 Å². The van der Waals surface area contributed by atoms with E-state index in [1.54, 1.807) is 30.1 Å². The molecule has 0 bridgehead atoms. The zero-order chi connectivity index (χ0) is 17.8. The van der Waals surface area contributed by atoms with Crippen LogP contribution in [-0.4, -0.2) is 17.9 Å². The third-order valence-electron chi connectivity index (χ3n) is 4.49. The van der Waals surface area contributed by atoms with Gasteiger partial charge < -0.3 is 9.32 Å². The summed E-state index contributed by atoms with van der Waals surface area (Å²) < 4.78 is 19.6. The Bertz CT molecular complexity index is 884. The van der Waals surface area contributed by atoms with E-state index in [1.807, 2.05) is 31.2 Å². The van der Waals surface area contributed by atoms with Crippen LogP contribution in [-0.2, 0) is 24.2 Å². The molecule has 0 aliphatic rings. The van der Waals surface area contributed by atoms with Crippen molar-refractivity contribution in [2.45, 2.75) is 32.7 Å². The first-order valence-corrected chi connectivity index (χ1v) is 8.56. The molecule has 3 rings (SSSR count). The minimum Gasteiger partial charge on any atom is -0.461 e. The Balaban J connectivity index is 1.70. The van der Waals surface area contributed by atoms with E-state index in [1.165, 1.54) is 6.07 Å². The van der Waals surface area contributed by atoms with E-state index >= 15 is 0 Å². The second kappa shape index (κ2) is 7.51. The Labute approximate surface area is 147 Å². The molecule has 0 radical (unpaired) electrons. The van der Waals surface area contributed by atoms with Crippen molar-refractivity contribution in [2.24, 2.45) is 0 Å². The van der Waals surface area contributed by atoms with Gasteiger partial charge in [-0.3, -0.25) is 4.79 Å². The number of para-hydroxylation sites is 1. The zero-order valence-electron chi connectivity index (χ0n) is 14.6. The SMILES string of the molecule is CCc1oc2ccccc2c1CN(C)C(=O)CCc1ccccc1F. The predicted octanol–water partition coefficient (Wildman–Crippen LogP) is 4.73. The third kappa shape index (κ3) is 3.73. The molecule has 0 unspecified atom stereocenters. The summed E-state index contributed by atoms with van der Waals surface area (Å²) in [5.41, 5.74) is 2.48. The van der Waals surface area contributed by atoms with Crippen LogP contribution in [0.15, 0.2) is 52.9 Å². The predicted molar refractivity (Wildman–Crippen MR) is 96.8 cm³/mol. The molecule has 1 amide bonds. The van der Waals surface area contributed by atoms with Gasteiger partial charge in [0.1, 0.15) is 17.2 Å². The number of benzene rings is 2. The van der Waals surface area contributed by atoms with Crippen LogP contribution in [0, 0.1) is 5.82 Å². The van der Waals surface area contributed by atoms with Crippen molar-refractivity contribution in [2.75, 3.05) is 7.05 Å². The van der Waals surface area contributed by atoms with E-state index < -0.39 is 0 Å². The lowest BCUT2D eigenvalue weighted by Crippen LogP contribution is -2.26. The summed E-state index contributed by atoms with van der Waals surface area (Å²) in [5, 5.41) is 1.05. The van der Waals surface area contributed by atoms with E-state index in [0.717, 1.165) is 28.7 Å². The standard InChI is InChI=1S/C21H22FNO2/c1-3-19-17(16-9-5-7-11-20(16)25-19)14-23(2)21(24)13-12-15-8-4-6-10-18(15)22/h4-11H,3,12-14H2,1-2H3. The fourth-order valence-corrected chi connectivity index (χ4v) is 3.07. The average molecular weight is 339 g/mol. The van der Waals surface area contributed by atoms with Gasteiger partial charge in [0.05, 0.1) is 0 Å². The molecule has 3 nitrogen and oxygen atoms in total.